The average Bonchev–Trinajstić information content (AvgIpc) is 3.22. The lowest BCUT2D eigenvalue weighted by molar-refractivity contribution is 0.101. The van der Waals surface area contributed by atoms with Crippen molar-refractivity contribution in [3.63, 3.8) is 0 Å². The van der Waals surface area contributed by atoms with E-state index < -0.39 is 0 Å². The first-order chi connectivity index (χ1) is 14.9. The average molecular weight is 477 g/mol. The van der Waals surface area contributed by atoms with Gasteiger partial charge >= 0.3 is 0 Å². The van der Waals surface area contributed by atoms with Crippen LogP contribution in [0.1, 0.15) is 21.7 Å². The van der Waals surface area contributed by atoms with Crippen molar-refractivity contribution in [2.24, 2.45) is 0 Å². The molecule has 0 saturated carbocycles. The van der Waals surface area contributed by atoms with Gasteiger partial charge in [0.05, 0.1) is 12.8 Å². The third kappa shape index (κ3) is 4.51. The molecular weight excluding hydrogens is 456 g/mol. The van der Waals surface area contributed by atoms with E-state index >= 15 is 0 Å². The highest BCUT2D eigenvalue weighted by atomic mass is 79.9. The second kappa shape index (κ2) is 8.73. The summed E-state index contributed by atoms with van der Waals surface area (Å²) in [5.41, 5.74) is 4.67. The molecule has 6 nitrogen and oxygen atoms in total. The number of rotatable bonds is 5. The summed E-state index contributed by atoms with van der Waals surface area (Å²) in [5, 5.41) is 7.38. The first-order valence-electron chi connectivity index (χ1n) is 9.70. The second-order valence-corrected chi connectivity index (χ2v) is 8.04. The summed E-state index contributed by atoms with van der Waals surface area (Å²) >= 11 is 3.46. The Hall–Kier alpha value is -3.45. The summed E-state index contributed by atoms with van der Waals surface area (Å²) in [5.74, 6) is 1.02. The van der Waals surface area contributed by atoms with Gasteiger partial charge in [0.2, 0.25) is 5.82 Å². The molecule has 4 rings (SSSR count). The van der Waals surface area contributed by atoms with Crippen LogP contribution < -0.4 is 10.1 Å². The van der Waals surface area contributed by atoms with Crippen molar-refractivity contribution in [3.8, 4) is 22.8 Å². The smallest absolute Gasteiger partial charge is 0.295 e. The number of carbonyl (C=O) groups excluding carboxylic acids is 1. The molecule has 0 unspecified atom stereocenters. The zero-order chi connectivity index (χ0) is 22.0. The first kappa shape index (κ1) is 20.8. The van der Waals surface area contributed by atoms with Crippen LogP contribution in [0.5, 0.6) is 5.75 Å². The fourth-order valence-electron chi connectivity index (χ4n) is 3.09. The third-order valence-corrected chi connectivity index (χ3v) is 5.52. The predicted octanol–water partition coefficient (Wildman–Crippen LogP) is 5.57. The lowest BCUT2D eigenvalue weighted by Gasteiger charge is -2.08. The van der Waals surface area contributed by atoms with E-state index in [0.717, 1.165) is 21.3 Å². The molecular formula is C24H21BrN4O2. The van der Waals surface area contributed by atoms with Crippen molar-refractivity contribution in [1.82, 2.24) is 14.8 Å². The van der Waals surface area contributed by atoms with Gasteiger partial charge in [-0.05, 0) is 73.5 Å². The monoisotopic (exact) mass is 476 g/mol. The molecule has 0 radical (unpaired) electrons. The predicted molar refractivity (Wildman–Crippen MR) is 125 cm³/mol. The topological polar surface area (TPSA) is 69.0 Å². The van der Waals surface area contributed by atoms with Gasteiger partial charge in [0.25, 0.3) is 5.91 Å². The highest BCUT2D eigenvalue weighted by Crippen LogP contribution is 2.25. The van der Waals surface area contributed by atoms with Crippen LogP contribution in [0.3, 0.4) is 0 Å². The van der Waals surface area contributed by atoms with Crippen molar-refractivity contribution in [2.75, 3.05) is 12.4 Å². The summed E-state index contributed by atoms with van der Waals surface area (Å²) in [4.78, 5) is 17.5. The number of halogens is 1. The standard InChI is InChI=1S/C24H21BrN4O2/c1-15-4-11-20(14-16(15)2)29-23(17-5-7-18(25)8-6-17)27-22(28-29)24(30)26-19-9-12-21(31-3)13-10-19/h4-14H,1-3H3,(H,26,30). The van der Waals surface area contributed by atoms with Gasteiger partial charge in [-0.25, -0.2) is 9.67 Å². The Kier molecular flexibility index (Phi) is 5.86. The number of nitrogens with one attached hydrogen (secondary N) is 1. The molecule has 0 aliphatic rings. The Morgan fingerprint density at radius 3 is 2.32 bits per heavy atom. The SMILES string of the molecule is COc1ccc(NC(=O)c2nc(-c3ccc(Br)cc3)n(-c3ccc(C)c(C)c3)n2)cc1. The highest BCUT2D eigenvalue weighted by molar-refractivity contribution is 9.10. The molecule has 0 atom stereocenters. The third-order valence-electron chi connectivity index (χ3n) is 5.00. The summed E-state index contributed by atoms with van der Waals surface area (Å²) in [7, 11) is 1.60. The van der Waals surface area contributed by atoms with Crippen molar-refractivity contribution in [2.45, 2.75) is 13.8 Å². The van der Waals surface area contributed by atoms with E-state index in [2.05, 4.69) is 38.3 Å². The van der Waals surface area contributed by atoms with Crippen LogP contribution >= 0.6 is 15.9 Å². The Morgan fingerprint density at radius 2 is 1.68 bits per heavy atom. The van der Waals surface area contributed by atoms with Gasteiger partial charge in [0.15, 0.2) is 5.82 Å². The zero-order valence-corrected chi connectivity index (χ0v) is 19.0. The second-order valence-electron chi connectivity index (χ2n) is 7.13. The minimum absolute atomic E-state index is 0.0898. The molecule has 0 aliphatic heterocycles. The van der Waals surface area contributed by atoms with E-state index in [1.165, 1.54) is 5.56 Å². The van der Waals surface area contributed by atoms with Crippen LogP contribution in [-0.4, -0.2) is 27.8 Å². The lowest BCUT2D eigenvalue weighted by Crippen LogP contribution is -2.14. The zero-order valence-electron chi connectivity index (χ0n) is 17.4. The maximum atomic E-state index is 12.9. The minimum Gasteiger partial charge on any atom is -0.497 e. The number of benzene rings is 3. The maximum Gasteiger partial charge on any atom is 0.295 e. The lowest BCUT2D eigenvalue weighted by atomic mass is 10.1. The van der Waals surface area contributed by atoms with E-state index in [-0.39, 0.29) is 11.7 Å². The number of hydrogen-bond donors (Lipinski definition) is 1. The summed E-state index contributed by atoms with van der Waals surface area (Å²) in [6.07, 6.45) is 0. The van der Waals surface area contributed by atoms with Gasteiger partial charge in [-0.3, -0.25) is 4.79 Å². The van der Waals surface area contributed by atoms with E-state index in [1.54, 1.807) is 36.1 Å². The maximum absolute atomic E-state index is 12.9. The highest BCUT2D eigenvalue weighted by Gasteiger charge is 2.19. The van der Waals surface area contributed by atoms with Crippen molar-refractivity contribution in [1.29, 1.82) is 0 Å². The largest absolute Gasteiger partial charge is 0.497 e. The fraction of sp³-hybridized carbons (Fsp3) is 0.125. The normalized spacial score (nSPS) is 10.7. The molecule has 0 fully saturated rings. The summed E-state index contributed by atoms with van der Waals surface area (Å²) in [6.45, 7) is 4.11. The van der Waals surface area contributed by atoms with Gasteiger partial charge in [0.1, 0.15) is 5.75 Å². The Morgan fingerprint density at radius 1 is 0.968 bits per heavy atom. The van der Waals surface area contributed by atoms with Crippen LogP contribution in [0.25, 0.3) is 17.1 Å². The number of carbonyl (C=O) groups is 1. The molecule has 0 spiro atoms. The molecule has 1 heterocycles. The van der Waals surface area contributed by atoms with Gasteiger partial charge in [0, 0.05) is 15.7 Å². The molecule has 0 aliphatic carbocycles. The van der Waals surface area contributed by atoms with Crippen molar-refractivity contribution >= 4 is 27.5 Å². The van der Waals surface area contributed by atoms with Crippen LogP contribution in [0, 0.1) is 13.8 Å². The Bertz CT molecular complexity index is 1230. The molecule has 7 heteroatoms. The number of ether oxygens (including phenoxy) is 1. The number of amides is 1. The molecule has 1 aromatic heterocycles. The molecule has 156 valence electrons. The molecule has 0 bridgehead atoms. The van der Waals surface area contributed by atoms with Gasteiger partial charge in [-0.2, -0.15) is 0 Å². The first-order valence-corrected chi connectivity index (χ1v) is 10.5. The molecule has 1 N–H and O–H groups in total. The number of aromatic nitrogens is 3. The Labute approximate surface area is 189 Å². The molecule has 4 aromatic rings. The molecule has 1 amide bonds. The van der Waals surface area contributed by atoms with Crippen LogP contribution in [-0.2, 0) is 0 Å². The minimum atomic E-state index is -0.383. The van der Waals surface area contributed by atoms with Gasteiger partial charge in [-0.1, -0.05) is 34.1 Å². The van der Waals surface area contributed by atoms with Crippen LogP contribution in [0.4, 0.5) is 5.69 Å². The van der Waals surface area contributed by atoms with E-state index in [9.17, 15) is 4.79 Å². The van der Waals surface area contributed by atoms with Crippen molar-refractivity contribution < 1.29 is 9.53 Å². The summed E-state index contributed by atoms with van der Waals surface area (Å²) in [6, 6.07) is 20.9. The van der Waals surface area contributed by atoms with Gasteiger partial charge in [-0.15, -0.1) is 5.10 Å². The number of methoxy groups -OCH3 is 1. The van der Waals surface area contributed by atoms with Gasteiger partial charge < -0.3 is 10.1 Å². The number of anilines is 1. The van der Waals surface area contributed by atoms with Crippen molar-refractivity contribution in [3.05, 3.63) is 88.2 Å². The molecule has 0 saturated heterocycles. The number of aryl methyl sites for hydroxylation is 2. The Balaban J connectivity index is 1.73. The van der Waals surface area contributed by atoms with Crippen LogP contribution in [0.15, 0.2) is 71.2 Å². The molecule has 3 aromatic carbocycles. The van der Waals surface area contributed by atoms with E-state index in [0.29, 0.717) is 17.3 Å². The fourth-order valence-corrected chi connectivity index (χ4v) is 3.36. The number of nitrogens with zero attached hydrogens (tertiary/aromatic N) is 3. The van der Waals surface area contributed by atoms with Crippen LogP contribution in [0.2, 0.25) is 0 Å². The quantitative estimate of drug-likeness (QED) is 0.408. The van der Waals surface area contributed by atoms with E-state index in [4.69, 9.17) is 4.74 Å². The summed E-state index contributed by atoms with van der Waals surface area (Å²) < 4.78 is 7.83. The number of hydrogen-bond acceptors (Lipinski definition) is 4. The van der Waals surface area contributed by atoms with E-state index in [1.807, 2.05) is 49.4 Å². The molecule has 31 heavy (non-hydrogen) atoms.